The number of anilines is 1. The molecule has 6 nitrogen and oxygen atoms in total. The number of aliphatic hydroxyl groups excluding tert-OH is 1. The fraction of sp³-hybridized carbons (Fsp3) is 0.667. The summed E-state index contributed by atoms with van der Waals surface area (Å²) in [6, 6.07) is 6.10. The molecular formula is C18H28N4O2. The maximum atomic E-state index is 12.3. The van der Waals surface area contributed by atoms with Crippen molar-refractivity contribution in [2.75, 3.05) is 44.2 Å². The van der Waals surface area contributed by atoms with Crippen LogP contribution in [-0.4, -0.2) is 66.3 Å². The van der Waals surface area contributed by atoms with E-state index in [1.54, 1.807) is 0 Å². The second-order valence-electron chi connectivity index (χ2n) is 6.85. The minimum atomic E-state index is 0.0895. The fourth-order valence-corrected chi connectivity index (χ4v) is 3.75. The van der Waals surface area contributed by atoms with Gasteiger partial charge in [0.1, 0.15) is 5.82 Å². The standard InChI is InChI=1S/C18H28N4O2/c23-14-15-5-1-2-6-16(15)20-18(24)13-21-9-11-22(12-10-21)17-7-3-4-8-19-17/h3-4,7-8,15-16,23H,1-2,5-6,9-14H2,(H,20,24). The number of rotatable bonds is 5. The van der Waals surface area contributed by atoms with Gasteiger partial charge in [-0.05, 0) is 25.0 Å². The number of piperazine rings is 1. The van der Waals surface area contributed by atoms with Crippen LogP contribution in [0.1, 0.15) is 25.7 Å². The number of amides is 1. The van der Waals surface area contributed by atoms with E-state index in [0.717, 1.165) is 57.7 Å². The van der Waals surface area contributed by atoms with E-state index in [9.17, 15) is 9.90 Å². The van der Waals surface area contributed by atoms with E-state index < -0.39 is 0 Å². The van der Waals surface area contributed by atoms with Crippen molar-refractivity contribution in [1.29, 1.82) is 0 Å². The highest BCUT2D eigenvalue weighted by molar-refractivity contribution is 5.78. The number of carbonyl (C=O) groups is 1. The van der Waals surface area contributed by atoms with Gasteiger partial charge in [0.2, 0.25) is 5.91 Å². The fourth-order valence-electron chi connectivity index (χ4n) is 3.75. The first-order valence-electron chi connectivity index (χ1n) is 9.05. The topological polar surface area (TPSA) is 68.7 Å². The van der Waals surface area contributed by atoms with Crippen molar-refractivity contribution in [3.05, 3.63) is 24.4 Å². The van der Waals surface area contributed by atoms with E-state index in [2.05, 4.69) is 20.1 Å². The van der Waals surface area contributed by atoms with Crippen LogP contribution >= 0.6 is 0 Å². The van der Waals surface area contributed by atoms with E-state index in [1.165, 1.54) is 0 Å². The lowest BCUT2D eigenvalue weighted by Gasteiger charge is -2.36. The van der Waals surface area contributed by atoms with Crippen LogP contribution in [0, 0.1) is 5.92 Å². The Kier molecular flexibility index (Phi) is 6.04. The minimum Gasteiger partial charge on any atom is -0.396 e. The number of hydrogen-bond donors (Lipinski definition) is 2. The van der Waals surface area contributed by atoms with Gasteiger partial charge in [0.25, 0.3) is 0 Å². The molecule has 1 saturated carbocycles. The van der Waals surface area contributed by atoms with Gasteiger partial charge in [-0.2, -0.15) is 0 Å². The highest BCUT2D eigenvalue weighted by Gasteiger charge is 2.27. The molecule has 0 aromatic carbocycles. The maximum absolute atomic E-state index is 12.3. The van der Waals surface area contributed by atoms with Crippen molar-refractivity contribution < 1.29 is 9.90 Å². The molecule has 1 aromatic heterocycles. The third kappa shape index (κ3) is 4.45. The molecule has 2 fully saturated rings. The van der Waals surface area contributed by atoms with Crippen molar-refractivity contribution >= 4 is 11.7 Å². The molecule has 1 amide bonds. The largest absolute Gasteiger partial charge is 0.396 e. The predicted octanol–water partition coefficient (Wildman–Crippen LogP) is 0.871. The lowest BCUT2D eigenvalue weighted by atomic mass is 9.85. The van der Waals surface area contributed by atoms with Gasteiger partial charge in [-0.3, -0.25) is 9.69 Å². The quantitative estimate of drug-likeness (QED) is 0.837. The lowest BCUT2D eigenvalue weighted by molar-refractivity contribution is -0.123. The Morgan fingerprint density at radius 2 is 2.00 bits per heavy atom. The molecule has 0 bridgehead atoms. The summed E-state index contributed by atoms with van der Waals surface area (Å²) >= 11 is 0. The molecule has 2 aliphatic rings. The monoisotopic (exact) mass is 332 g/mol. The summed E-state index contributed by atoms with van der Waals surface area (Å²) in [4.78, 5) is 21.2. The molecular weight excluding hydrogens is 304 g/mol. The van der Waals surface area contributed by atoms with Crippen molar-refractivity contribution in [3.63, 3.8) is 0 Å². The molecule has 2 atom stereocenters. The molecule has 1 saturated heterocycles. The van der Waals surface area contributed by atoms with Crippen molar-refractivity contribution in [3.8, 4) is 0 Å². The molecule has 1 aliphatic heterocycles. The summed E-state index contributed by atoms with van der Waals surface area (Å²) in [5, 5.41) is 12.6. The Morgan fingerprint density at radius 1 is 1.21 bits per heavy atom. The molecule has 2 N–H and O–H groups in total. The summed E-state index contributed by atoms with van der Waals surface area (Å²) in [6.45, 7) is 4.16. The van der Waals surface area contributed by atoms with Gasteiger partial charge >= 0.3 is 0 Å². The number of nitrogens with zero attached hydrogens (tertiary/aromatic N) is 3. The molecule has 0 radical (unpaired) electrons. The summed E-state index contributed by atoms with van der Waals surface area (Å²) in [5.74, 6) is 1.32. The number of aromatic nitrogens is 1. The third-order valence-corrected chi connectivity index (χ3v) is 5.20. The second kappa shape index (κ2) is 8.44. The maximum Gasteiger partial charge on any atom is 0.234 e. The SMILES string of the molecule is O=C(CN1CCN(c2ccccn2)CC1)NC1CCCCC1CO. The van der Waals surface area contributed by atoms with E-state index in [4.69, 9.17) is 0 Å². The van der Waals surface area contributed by atoms with Crippen LogP contribution < -0.4 is 10.2 Å². The highest BCUT2D eigenvalue weighted by atomic mass is 16.3. The smallest absolute Gasteiger partial charge is 0.234 e. The van der Waals surface area contributed by atoms with Crippen molar-refractivity contribution in [2.24, 2.45) is 5.92 Å². The number of aliphatic hydroxyl groups is 1. The summed E-state index contributed by atoms with van der Waals surface area (Å²) in [6.07, 6.45) is 6.13. The Labute approximate surface area is 143 Å². The zero-order chi connectivity index (χ0) is 16.8. The van der Waals surface area contributed by atoms with E-state index in [-0.39, 0.29) is 24.5 Å². The van der Waals surface area contributed by atoms with Crippen LogP contribution in [0.2, 0.25) is 0 Å². The first-order valence-corrected chi connectivity index (χ1v) is 9.05. The number of carbonyl (C=O) groups excluding carboxylic acids is 1. The Morgan fingerprint density at radius 3 is 2.71 bits per heavy atom. The van der Waals surface area contributed by atoms with Gasteiger partial charge in [0, 0.05) is 50.9 Å². The zero-order valence-corrected chi connectivity index (χ0v) is 14.2. The van der Waals surface area contributed by atoms with Crippen LogP contribution in [0.5, 0.6) is 0 Å². The molecule has 1 aliphatic carbocycles. The zero-order valence-electron chi connectivity index (χ0n) is 14.2. The van der Waals surface area contributed by atoms with Gasteiger partial charge < -0.3 is 15.3 Å². The molecule has 2 heterocycles. The minimum absolute atomic E-state index is 0.0895. The predicted molar refractivity (Wildman–Crippen MR) is 93.9 cm³/mol. The van der Waals surface area contributed by atoms with Crippen LogP contribution in [0.3, 0.4) is 0 Å². The number of nitrogens with one attached hydrogen (secondary N) is 1. The Balaban J connectivity index is 1.43. The molecule has 132 valence electrons. The van der Waals surface area contributed by atoms with Gasteiger partial charge in [0.05, 0.1) is 6.54 Å². The lowest BCUT2D eigenvalue weighted by Crippen LogP contribution is -2.52. The second-order valence-corrected chi connectivity index (χ2v) is 6.85. The van der Waals surface area contributed by atoms with Gasteiger partial charge in [-0.25, -0.2) is 4.98 Å². The van der Waals surface area contributed by atoms with Crippen molar-refractivity contribution in [2.45, 2.75) is 31.7 Å². The molecule has 0 spiro atoms. The van der Waals surface area contributed by atoms with E-state index in [0.29, 0.717) is 6.54 Å². The number of pyridine rings is 1. The summed E-state index contributed by atoms with van der Waals surface area (Å²) in [7, 11) is 0. The average Bonchev–Trinajstić information content (AvgIpc) is 2.63. The van der Waals surface area contributed by atoms with Crippen LogP contribution in [-0.2, 0) is 4.79 Å². The molecule has 2 unspecified atom stereocenters. The summed E-state index contributed by atoms with van der Waals surface area (Å²) < 4.78 is 0. The molecule has 3 rings (SSSR count). The highest BCUT2D eigenvalue weighted by Crippen LogP contribution is 2.23. The van der Waals surface area contributed by atoms with Crippen molar-refractivity contribution in [1.82, 2.24) is 15.2 Å². The van der Waals surface area contributed by atoms with Gasteiger partial charge in [-0.15, -0.1) is 0 Å². The average molecular weight is 332 g/mol. The van der Waals surface area contributed by atoms with Crippen LogP contribution in [0.4, 0.5) is 5.82 Å². The molecule has 1 aromatic rings. The van der Waals surface area contributed by atoms with Gasteiger partial charge in [0.15, 0.2) is 0 Å². The van der Waals surface area contributed by atoms with Crippen LogP contribution in [0.15, 0.2) is 24.4 Å². The van der Waals surface area contributed by atoms with Crippen LogP contribution in [0.25, 0.3) is 0 Å². The molecule has 6 heteroatoms. The Bertz CT molecular complexity index is 517. The first-order chi connectivity index (χ1) is 11.8. The van der Waals surface area contributed by atoms with E-state index >= 15 is 0 Å². The third-order valence-electron chi connectivity index (χ3n) is 5.20. The normalized spacial score (nSPS) is 25.5. The first kappa shape index (κ1) is 17.2. The van der Waals surface area contributed by atoms with E-state index in [1.807, 2.05) is 24.4 Å². The summed E-state index contributed by atoms with van der Waals surface area (Å²) in [5.41, 5.74) is 0. The molecule has 24 heavy (non-hydrogen) atoms. The Hall–Kier alpha value is -1.66. The number of hydrogen-bond acceptors (Lipinski definition) is 5. The van der Waals surface area contributed by atoms with Gasteiger partial charge in [-0.1, -0.05) is 18.9 Å².